The standard InChI is InChI=1S/C17H23N5O2S2/c1-11-5-2-3-6-12(11)19-15(24)10-26-17-21-20-16(13-7-4-8-25-13)22(17)9-14(18)23/h4,7-8,11-12H,2-3,5-6,9-10H2,1H3,(H2,18,23)(H,19,24). The summed E-state index contributed by atoms with van der Waals surface area (Å²) in [6, 6.07) is 4.08. The van der Waals surface area contributed by atoms with Gasteiger partial charge in [0.25, 0.3) is 0 Å². The van der Waals surface area contributed by atoms with Crippen LogP contribution in [-0.4, -0.2) is 38.4 Å². The maximum absolute atomic E-state index is 12.3. The van der Waals surface area contributed by atoms with Gasteiger partial charge in [-0.2, -0.15) is 0 Å². The quantitative estimate of drug-likeness (QED) is 0.703. The van der Waals surface area contributed by atoms with Crippen LogP contribution in [0.5, 0.6) is 0 Å². The van der Waals surface area contributed by atoms with Crippen molar-refractivity contribution in [1.82, 2.24) is 20.1 Å². The molecular formula is C17H23N5O2S2. The molecule has 140 valence electrons. The van der Waals surface area contributed by atoms with Gasteiger partial charge in [-0.25, -0.2) is 0 Å². The zero-order valence-corrected chi connectivity index (χ0v) is 16.3. The molecule has 7 nitrogen and oxygen atoms in total. The minimum absolute atomic E-state index is 0.0101. The molecule has 1 aliphatic carbocycles. The Morgan fingerprint density at radius 1 is 1.38 bits per heavy atom. The van der Waals surface area contributed by atoms with Gasteiger partial charge >= 0.3 is 0 Å². The highest BCUT2D eigenvalue weighted by molar-refractivity contribution is 7.99. The molecule has 2 aromatic heterocycles. The maximum atomic E-state index is 12.3. The van der Waals surface area contributed by atoms with Crippen molar-refractivity contribution >= 4 is 34.9 Å². The van der Waals surface area contributed by atoms with E-state index >= 15 is 0 Å². The average Bonchev–Trinajstić information content (AvgIpc) is 3.24. The zero-order valence-electron chi connectivity index (χ0n) is 14.7. The number of nitrogens with two attached hydrogens (primary N) is 1. The predicted octanol–water partition coefficient (Wildman–Crippen LogP) is 2.28. The van der Waals surface area contributed by atoms with E-state index in [0.717, 1.165) is 17.7 Å². The van der Waals surface area contributed by atoms with Crippen molar-refractivity contribution in [3.05, 3.63) is 17.5 Å². The number of amides is 2. The fourth-order valence-corrected chi connectivity index (χ4v) is 4.66. The minimum Gasteiger partial charge on any atom is -0.368 e. The first-order valence-electron chi connectivity index (χ1n) is 8.72. The minimum atomic E-state index is -0.468. The number of thioether (sulfide) groups is 1. The lowest BCUT2D eigenvalue weighted by Gasteiger charge is -2.29. The zero-order chi connectivity index (χ0) is 18.5. The molecule has 26 heavy (non-hydrogen) atoms. The molecule has 0 spiro atoms. The van der Waals surface area contributed by atoms with E-state index in [0.29, 0.717) is 16.9 Å². The summed E-state index contributed by atoms with van der Waals surface area (Å²) in [5.74, 6) is 0.874. The molecule has 2 heterocycles. The van der Waals surface area contributed by atoms with Crippen molar-refractivity contribution in [2.75, 3.05) is 5.75 Å². The fraction of sp³-hybridized carbons (Fsp3) is 0.529. The molecule has 0 aromatic carbocycles. The van der Waals surface area contributed by atoms with E-state index < -0.39 is 5.91 Å². The van der Waals surface area contributed by atoms with Crippen molar-refractivity contribution in [2.45, 2.75) is 50.4 Å². The van der Waals surface area contributed by atoms with Crippen LogP contribution in [0.15, 0.2) is 22.7 Å². The molecule has 0 saturated heterocycles. The molecule has 0 bridgehead atoms. The largest absolute Gasteiger partial charge is 0.368 e. The number of primary amides is 1. The van der Waals surface area contributed by atoms with Gasteiger partial charge in [0.2, 0.25) is 11.8 Å². The number of hydrogen-bond acceptors (Lipinski definition) is 6. The number of nitrogens with zero attached hydrogens (tertiary/aromatic N) is 3. The second-order valence-corrected chi connectivity index (χ2v) is 8.45. The molecule has 1 aliphatic rings. The third kappa shape index (κ3) is 4.64. The molecule has 2 amide bonds. The van der Waals surface area contributed by atoms with Gasteiger partial charge in [-0.3, -0.25) is 14.2 Å². The van der Waals surface area contributed by atoms with Crippen molar-refractivity contribution in [3.8, 4) is 10.7 Å². The fourth-order valence-electron chi connectivity index (χ4n) is 3.19. The van der Waals surface area contributed by atoms with E-state index in [1.165, 1.54) is 35.9 Å². The summed E-state index contributed by atoms with van der Waals surface area (Å²) in [5, 5.41) is 13.9. The van der Waals surface area contributed by atoms with Crippen LogP contribution in [0, 0.1) is 5.92 Å². The van der Waals surface area contributed by atoms with Gasteiger partial charge in [0.15, 0.2) is 11.0 Å². The molecule has 3 rings (SSSR count). The van der Waals surface area contributed by atoms with Crippen LogP contribution < -0.4 is 11.1 Å². The van der Waals surface area contributed by atoms with Gasteiger partial charge < -0.3 is 11.1 Å². The number of hydrogen-bond donors (Lipinski definition) is 2. The molecule has 3 N–H and O–H groups in total. The number of nitrogens with one attached hydrogen (secondary N) is 1. The third-order valence-electron chi connectivity index (χ3n) is 4.56. The number of thiophene rings is 1. The topological polar surface area (TPSA) is 103 Å². The van der Waals surface area contributed by atoms with Gasteiger partial charge in [-0.05, 0) is 30.2 Å². The van der Waals surface area contributed by atoms with E-state index in [9.17, 15) is 9.59 Å². The molecule has 0 aliphatic heterocycles. The van der Waals surface area contributed by atoms with E-state index in [2.05, 4.69) is 22.4 Å². The lowest BCUT2D eigenvalue weighted by atomic mass is 9.86. The first-order chi connectivity index (χ1) is 12.5. The van der Waals surface area contributed by atoms with E-state index in [1.807, 2.05) is 17.5 Å². The van der Waals surface area contributed by atoms with Crippen LogP contribution in [-0.2, 0) is 16.1 Å². The van der Waals surface area contributed by atoms with E-state index in [4.69, 9.17) is 5.73 Å². The molecule has 1 saturated carbocycles. The van der Waals surface area contributed by atoms with Gasteiger partial charge in [-0.15, -0.1) is 21.5 Å². The lowest BCUT2D eigenvalue weighted by Crippen LogP contribution is -2.41. The summed E-state index contributed by atoms with van der Waals surface area (Å²) in [4.78, 5) is 24.7. The first-order valence-corrected chi connectivity index (χ1v) is 10.6. The van der Waals surface area contributed by atoms with E-state index in [-0.39, 0.29) is 24.2 Å². The number of rotatable bonds is 7. The Bertz CT molecular complexity index is 759. The summed E-state index contributed by atoms with van der Waals surface area (Å²) >= 11 is 2.79. The molecule has 1 fully saturated rings. The Labute approximate surface area is 160 Å². The monoisotopic (exact) mass is 393 g/mol. The van der Waals surface area contributed by atoms with Crippen LogP contribution in [0.3, 0.4) is 0 Å². The number of aromatic nitrogens is 3. The summed E-state index contributed by atoms with van der Waals surface area (Å²) in [6.45, 7) is 2.18. The van der Waals surface area contributed by atoms with Gasteiger partial charge in [0, 0.05) is 6.04 Å². The normalized spacial score (nSPS) is 20.0. The highest BCUT2D eigenvalue weighted by Gasteiger charge is 2.23. The van der Waals surface area contributed by atoms with Crippen LogP contribution in [0.2, 0.25) is 0 Å². The Morgan fingerprint density at radius 3 is 2.88 bits per heavy atom. The number of carbonyl (C=O) groups excluding carboxylic acids is 2. The molecular weight excluding hydrogens is 370 g/mol. The Kier molecular flexibility index (Phi) is 6.31. The highest BCUT2D eigenvalue weighted by Crippen LogP contribution is 2.27. The SMILES string of the molecule is CC1CCCCC1NC(=O)CSc1nnc(-c2cccs2)n1CC(N)=O. The van der Waals surface area contributed by atoms with E-state index in [1.54, 1.807) is 4.57 Å². The van der Waals surface area contributed by atoms with Gasteiger partial charge in [-0.1, -0.05) is 37.6 Å². The Hall–Kier alpha value is -1.87. The molecule has 2 aromatic rings. The third-order valence-corrected chi connectivity index (χ3v) is 6.40. The van der Waals surface area contributed by atoms with Crippen molar-refractivity contribution in [1.29, 1.82) is 0 Å². The second kappa shape index (κ2) is 8.68. The predicted molar refractivity (Wildman–Crippen MR) is 103 cm³/mol. The van der Waals surface area contributed by atoms with Gasteiger partial charge in [0.1, 0.15) is 6.54 Å². The lowest BCUT2D eigenvalue weighted by molar-refractivity contribution is -0.120. The Balaban J connectivity index is 1.65. The Morgan fingerprint density at radius 2 is 2.19 bits per heavy atom. The van der Waals surface area contributed by atoms with Gasteiger partial charge in [0.05, 0.1) is 10.6 Å². The summed E-state index contributed by atoms with van der Waals surface area (Å²) in [5.41, 5.74) is 5.37. The summed E-state index contributed by atoms with van der Waals surface area (Å²) < 4.78 is 1.68. The van der Waals surface area contributed by atoms with Crippen LogP contribution in [0.4, 0.5) is 0 Å². The molecule has 9 heteroatoms. The van der Waals surface area contributed by atoms with Crippen LogP contribution in [0.1, 0.15) is 32.6 Å². The van der Waals surface area contributed by atoms with Crippen molar-refractivity contribution in [3.63, 3.8) is 0 Å². The molecule has 2 unspecified atom stereocenters. The van der Waals surface area contributed by atoms with Crippen molar-refractivity contribution < 1.29 is 9.59 Å². The van der Waals surface area contributed by atoms with Crippen molar-refractivity contribution in [2.24, 2.45) is 11.7 Å². The second-order valence-electron chi connectivity index (χ2n) is 6.56. The highest BCUT2D eigenvalue weighted by atomic mass is 32.2. The summed E-state index contributed by atoms with van der Waals surface area (Å²) in [7, 11) is 0. The maximum Gasteiger partial charge on any atom is 0.237 e. The smallest absolute Gasteiger partial charge is 0.237 e. The molecule has 0 radical (unpaired) electrons. The number of carbonyl (C=O) groups is 2. The van der Waals surface area contributed by atoms with Crippen LogP contribution >= 0.6 is 23.1 Å². The first kappa shape index (κ1) is 18.9. The van der Waals surface area contributed by atoms with Crippen LogP contribution in [0.25, 0.3) is 10.7 Å². The molecule has 2 atom stereocenters. The summed E-state index contributed by atoms with van der Waals surface area (Å²) in [6.07, 6.45) is 4.61. The average molecular weight is 394 g/mol.